The second-order valence-electron chi connectivity index (χ2n) is 6.75. The van der Waals surface area contributed by atoms with E-state index in [4.69, 9.17) is 0 Å². The Hall–Kier alpha value is -0.540. The first kappa shape index (κ1) is 14.4. The normalized spacial score (nSPS) is 27.1. The average Bonchev–Trinajstić information content (AvgIpc) is 3.22. The van der Waals surface area contributed by atoms with Crippen LogP contribution in [0.15, 0.2) is 22.7 Å². The standard InChI is InChI=1S/C17H25BrN2/c1-11(2)17-9-19-15(13-4-5-13)10-20(17)16-7-6-14(18)8-12(16)3/h6-8,11,13,15,17,19H,4-5,9-10H2,1-3H3. The fourth-order valence-corrected chi connectivity index (χ4v) is 3.90. The monoisotopic (exact) mass is 336 g/mol. The number of piperazine rings is 1. The number of nitrogens with one attached hydrogen (secondary N) is 1. The number of anilines is 1. The summed E-state index contributed by atoms with van der Waals surface area (Å²) in [6.07, 6.45) is 2.83. The highest BCUT2D eigenvalue weighted by atomic mass is 79.9. The molecule has 1 N–H and O–H groups in total. The van der Waals surface area contributed by atoms with Gasteiger partial charge in [-0.15, -0.1) is 0 Å². The summed E-state index contributed by atoms with van der Waals surface area (Å²) in [5, 5.41) is 3.79. The van der Waals surface area contributed by atoms with Gasteiger partial charge in [-0.3, -0.25) is 0 Å². The summed E-state index contributed by atoms with van der Waals surface area (Å²) in [5.41, 5.74) is 2.79. The zero-order chi connectivity index (χ0) is 14.3. The first-order valence-electron chi connectivity index (χ1n) is 7.82. The summed E-state index contributed by atoms with van der Waals surface area (Å²) < 4.78 is 1.17. The molecule has 1 aromatic rings. The van der Waals surface area contributed by atoms with Gasteiger partial charge >= 0.3 is 0 Å². The molecule has 1 aliphatic heterocycles. The molecule has 110 valence electrons. The van der Waals surface area contributed by atoms with Gasteiger partial charge in [0.2, 0.25) is 0 Å². The number of rotatable bonds is 3. The molecule has 2 fully saturated rings. The van der Waals surface area contributed by atoms with E-state index in [-0.39, 0.29) is 0 Å². The van der Waals surface area contributed by atoms with Crippen LogP contribution in [0.5, 0.6) is 0 Å². The van der Waals surface area contributed by atoms with E-state index in [2.05, 4.69) is 65.1 Å². The quantitative estimate of drug-likeness (QED) is 0.898. The molecular weight excluding hydrogens is 312 g/mol. The molecule has 0 spiro atoms. The van der Waals surface area contributed by atoms with Gasteiger partial charge in [0.25, 0.3) is 0 Å². The molecule has 2 aliphatic rings. The van der Waals surface area contributed by atoms with Crippen molar-refractivity contribution in [3.05, 3.63) is 28.2 Å². The molecule has 1 aliphatic carbocycles. The topological polar surface area (TPSA) is 15.3 Å². The van der Waals surface area contributed by atoms with Crippen molar-refractivity contribution in [1.29, 1.82) is 0 Å². The van der Waals surface area contributed by atoms with Crippen molar-refractivity contribution >= 4 is 21.6 Å². The van der Waals surface area contributed by atoms with Crippen LogP contribution in [-0.4, -0.2) is 25.2 Å². The maximum Gasteiger partial charge on any atom is 0.0438 e. The molecule has 0 aromatic heterocycles. The molecule has 3 heteroatoms. The van der Waals surface area contributed by atoms with Crippen molar-refractivity contribution in [1.82, 2.24) is 5.32 Å². The lowest BCUT2D eigenvalue weighted by atomic mass is 9.95. The van der Waals surface area contributed by atoms with Crippen molar-refractivity contribution < 1.29 is 0 Å². The van der Waals surface area contributed by atoms with Crippen LogP contribution in [-0.2, 0) is 0 Å². The lowest BCUT2D eigenvalue weighted by molar-refractivity contribution is 0.320. The molecule has 1 saturated heterocycles. The molecule has 0 radical (unpaired) electrons. The summed E-state index contributed by atoms with van der Waals surface area (Å²) in [5.74, 6) is 1.59. The third-order valence-electron chi connectivity index (χ3n) is 4.81. The van der Waals surface area contributed by atoms with E-state index >= 15 is 0 Å². The Kier molecular flexibility index (Phi) is 4.09. The molecule has 3 rings (SSSR count). The van der Waals surface area contributed by atoms with Gasteiger partial charge in [-0.05, 0) is 55.4 Å². The number of benzene rings is 1. The van der Waals surface area contributed by atoms with Crippen LogP contribution in [0.25, 0.3) is 0 Å². The minimum atomic E-state index is 0.602. The Bertz CT molecular complexity index is 482. The van der Waals surface area contributed by atoms with E-state index in [0.29, 0.717) is 18.0 Å². The Labute approximate surface area is 131 Å². The zero-order valence-electron chi connectivity index (χ0n) is 12.7. The van der Waals surface area contributed by atoms with Crippen molar-refractivity contribution in [2.75, 3.05) is 18.0 Å². The van der Waals surface area contributed by atoms with E-state index in [1.165, 1.54) is 28.6 Å². The van der Waals surface area contributed by atoms with Gasteiger partial charge in [-0.25, -0.2) is 0 Å². The van der Waals surface area contributed by atoms with E-state index in [9.17, 15) is 0 Å². The van der Waals surface area contributed by atoms with E-state index < -0.39 is 0 Å². The summed E-state index contributed by atoms with van der Waals surface area (Å²) in [6.45, 7) is 9.19. The molecule has 1 heterocycles. The molecule has 2 unspecified atom stereocenters. The third kappa shape index (κ3) is 2.89. The smallest absolute Gasteiger partial charge is 0.0438 e. The summed E-state index contributed by atoms with van der Waals surface area (Å²) in [4.78, 5) is 2.66. The van der Waals surface area contributed by atoms with Crippen LogP contribution in [0.2, 0.25) is 0 Å². The molecule has 2 atom stereocenters. The lowest BCUT2D eigenvalue weighted by Crippen LogP contribution is -2.59. The van der Waals surface area contributed by atoms with Crippen LogP contribution in [0, 0.1) is 18.8 Å². The lowest BCUT2D eigenvalue weighted by Gasteiger charge is -2.44. The highest BCUT2D eigenvalue weighted by Crippen LogP contribution is 2.37. The Morgan fingerprint density at radius 2 is 2.05 bits per heavy atom. The number of halogens is 1. The van der Waals surface area contributed by atoms with E-state index in [1.807, 2.05) is 0 Å². The Balaban J connectivity index is 1.87. The highest BCUT2D eigenvalue weighted by Gasteiger charge is 2.38. The third-order valence-corrected chi connectivity index (χ3v) is 5.31. The minimum Gasteiger partial charge on any atom is -0.365 e. The first-order valence-corrected chi connectivity index (χ1v) is 8.61. The van der Waals surface area contributed by atoms with Crippen molar-refractivity contribution in [3.63, 3.8) is 0 Å². The van der Waals surface area contributed by atoms with E-state index in [1.54, 1.807) is 0 Å². The van der Waals surface area contributed by atoms with Gasteiger partial charge < -0.3 is 10.2 Å². The fourth-order valence-electron chi connectivity index (χ4n) is 3.42. The molecule has 0 amide bonds. The van der Waals surface area contributed by atoms with Gasteiger partial charge in [0, 0.05) is 35.3 Å². The van der Waals surface area contributed by atoms with Crippen molar-refractivity contribution in [2.45, 2.75) is 45.7 Å². The Morgan fingerprint density at radius 3 is 2.65 bits per heavy atom. The van der Waals surface area contributed by atoms with Crippen LogP contribution >= 0.6 is 15.9 Å². The van der Waals surface area contributed by atoms with Crippen LogP contribution in [0.1, 0.15) is 32.3 Å². The number of aryl methyl sites for hydroxylation is 1. The van der Waals surface area contributed by atoms with Crippen LogP contribution in [0.3, 0.4) is 0 Å². The number of hydrogen-bond donors (Lipinski definition) is 1. The van der Waals surface area contributed by atoms with Gasteiger partial charge in [-0.1, -0.05) is 29.8 Å². The van der Waals surface area contributed by atoms with Crippen LogP contribution in [0.4, 0.5) is 5.69 Å². The van der Waals surface area contributed by atoms with Gasteiger partial charge in [0.1, 0.15) is 0 Å². The molecule has 20 heavy (non-hydrogen) atoms. The summed E-state index contributed by atoms with van der Waals surface area (Å²) >= 11 is 3.58. The van der Waals surface area contributed by atoms with Gasteiger partial charge in [0.15, 0.2) is 0 Å². The predicted molar refractivity (Wildman–Crippen MR) is 89.4 cm³/mol. The molecular formula is C17H25BrN2. The maximum absolute atomic E-state index is 3.79. The maximum atomic E-state index is 3.79. The fraction of sp³-hybridized carbons (Fsp3) is 0.647. The SMILES string of the molecule is Cc1cc(Br)ccc1N1CC(C2CC2)NCC1C(C)C. The Morgan fingerprint density at radius 1 is 1.30 bits per heavy atom. The summed E-state index contributed by atoms with van der Waals surface area (Å²) in [7, 11) is 0. The van der Waals surface area contributed by atoms with Gasteiger partial charge in [-0.2, -0.15) is 0 Å². The number of hydrogen-bond acceptors (Lipinski definition) is 2. The minimum absolute atomic E-state index is 0.602. The predicted octanol–water partition coefficient (Wildman–Crippen LogP) is 3.97. The van der Waals surface area contributed by atoms with Crippen molar-refractivity contribution in [2.24, 2.45) is 11.8 Å². The molecule has 2 nitrogen and oxygen atoms in total. The van der Waals surface area contributed by atoms with Crippen LogP contribution < -0.4 is 10.2 Å². The average molecular weight is 337 g/mol. The van der Waals surface area contributed by atoms with Crippen molar-refractivity contribution in [3.8, 4) is 0 Å². The first-order chi connectivity index (χ1) is 9.56. The second-order valence-corrected chi connectivity index (χ2v) is 7.66. The molecule has 1 saturated carbocycles. The number of nitrogens with zero attached hydrogens (tertiary/aromatic N) is 1. The highest BCUT2D eigenvalue weighted by molar-refractivity contribution is 9.10. The zero-order valence-corrected chi connectivity index (χ0v) is 14.3. The van der Waals surface area contributed by atoms with E-state index in [0.717, 1.165) is 19.0 Å². The summed E-state index contributed by atoms with van der Waals surface area (Å²) in [6, 6.07) is 7.98. The molecule has 1 aromatic carbocycles. The second kappa shape index (κ2) is 5.69. The van der Waals surface area contributed by atoms with Gasteiger partial charge in [0.05, 0.1) is 0 Å². The largest absolute Gasteiger partial charge is 0.365 e. The molecule has 0 bridgehead atoms.